The van der Waals surface area contributed by atoms with Gasteiger partial charge in [0.25, 0.3) is 5.91 Å². The van der Waals surface area contributed by atoms with E-state index in [0.717, 1.165) is 23.4 Å². The molecule has 1 amide bonds. The highest BCUT2D eigenvalue weighted by molar-refractivity contribution is 5.76. The Morgan fingerprint density at radius 3 is 2.68 bits per heavy atom. The molecule has 2 aromatic rings. The molecule has 0 unspecified atom stereocenters. The molecule has 0 bridgehead atoms. The van der Waals surface area contributed by atoms with Gasteiger partial charge in [0.1, 0.15) is 11.8 Å². The average Bonchev–Trinajstić information content (AvgIpc) is 2.62. The van der Waals surface area contributed by atoms with Crippen molar-refractivity contribution in [1.29, 1.82) is 0 Å². The quantitative estimate of drug-likeness (QED) is 0.765. The smallest absolute Gasteiger partial charge is 0.275 e. The van der Waals surface area contributed by atoms with Gasteiger partial charge in [0, 0.05) is 12.1 Å². The molecule has 0 heterocycles. The number of nitrogens with one attached hydrogen (secondary N) is 1. The van der Waals surface area contributed by atoms with Crippen LogP contribution in [0.15, 0.2) is 42.5 Å². The van der Waals surface area contributed by atoms with Crippen molar-refractivity contribution < 1.29 is 23.6 Å². The number of ether oxygens (including phenoxy) is 1. The van der Waals surface area contributed by atoms with Crippen molar-refractivity contribution in [2.24, 2.45) is 0 Å². The Kier molecular flexibility index (Phi) is 6.89. The Morgan fingerprint density at radius 2 is 1.96 bits per heavy atom. The third kappa shape index (κ3) is 5.53. The highest BCUT2D eigenvalue weighted by atomic mass is 19.2. The maximum atomic E-state index is 13.2. The van der Waals surface area contributed by atoms with E-state index in [2.05, 4.69) is 5.32 Å². The molecule has 0 saturated carbocycles. The Balaban J connectivity index is 1.75. The van der Waals surface area contributed by atoms with Crippen LogP contribution < -0.4 is 15.4 Å². The molecule has 0 aliphatic heterocycles. The Morgan fingerprint density at radius 1 is 1.20 bits per heavy atom. The van der Waals surface area contributed by atoms with Gasteiger partial charge in [0.15, 0.2) is 18.2 Å². The van der Waals surface area contributed by atoms with E-state index in [0.29, 0.717) is 18.5 Å². The van der Waals surface area contributed by atoms with Gasteiger partial charge in [0.2, 0.25) is 0 Å². The summed E-state index contributed by atoms with van der Waals surface area (Å²) < 4.78 is 31.5. The van der Waals surface area contributed by atoms with E-state index in [1.165, 1.54) is 6.07 Å². The third-order valence-corrected chi connectivity index (χ3v) is 4.04. The van der Waals surface area contributed by atoms with Crippen molar-refractivity contribution in [3.8, 4) is 5.75 Å². The second-order valence-corrected chi connectivity index (χ2v) is 5.81. The van der Waals surface area contributed by atoms with Gasteiger partial charge in [-0.25, -0.2) is 8.78 Å². The SMILES string of the molecule is COc1ccccc1CCNC(=O)C[NH2+][C@@H](C)c1ccc(F)c(F)c1. The van der Waals surface area contributed by atoms with E-state index >= 15 is 0 Å². The van der Waals surface area contributed by atoms with Gasteiger partial charge in [-0.15, -0.1) is 0 Å². The predicted molar refractivity (Wildman–Crippen MR) is 91.3 cm³/mol. The fourth-order valence-corrected chi connectivity index (χ4v) is 2.53. The molecule has 0 radical (unpaired) electrons. The lowest BCUT2D eigenvalue weighted by Gasteiger charge is -2.12. The summed E-state index contributed by atoms with van der Waals surface area (Å²) in [6.07, 6.45) is 0.675. The molecule has 0 spiro atoms. The van der Waals surface area contributed by atoms with Gasteiger partial charge in [-0.1, -0.05) is 18.2 Å². The normalized spacial score (nSPS) is 11.8. The first-order chi connectivity index (χ1) is 12.0. The molecule has 6 heteroatoms. The molecule has 134 valence electrons. The molecule has 0 aromatic heterocycles. The van der Waals surface area contributed by atoms with Gasteiger partial charge in [-0.2, -0.15) is 0 Å². The number of rotatable bonds is 8. The number of carbonyl (C=O) groups excluding carboxylic acids is 1. The van der Waals surface area contributed by atoms with Crippen LogP contribution in [0.1, 0.15) is 24.1 Å². The number of benzene rings is 2. The van der Waals surface area contributed by atoms with Crippen LogP contribution in [-0.2, 0) is 11.2 Å². The molecule has 0 aliphatic carbocycles. The standard InChI is InChI=1S/C19H22F2N2O2/c1-13(15-7-8-16(20)17(21)11-15)23-12-19(24)22-10-9-14-5-3-4-6-18(14)25-2/h3-8,11,13,23H,9-10,12H2,1-2H3,(H,22,24)/p+1/t13-/m0/s1. The lowest BCUT2D eigenvalue weighted by Crippen LogP contribution is -2.87. The first-order valence-electron chi connectivity index (χ1n) is 8.18. The zero-order valence-corrected chi connectivity index (χ0v) is 14.4. The molecule has 2 rings (SSSR count). The number of hydrogen-bond acceptors (Lipinski definition) is 2. The maximum Gasteiger partial charge on any atom is 0.275 e. The number of quaternary nitrogens is 1. The van der Waals surface area contributed by atoms with E-state index in [9.17, 15) is 13.6 Å². The summed E-state index contributed by atoms with van der Waals surface area (Å²) in [6, 6.07) is 11.3. The lowest BCUT2D eigenvalue weighted by molar-refractivity contribution is -0.682. The molecular weight excluding hydrogens is 326 g/mol. The van der Waals surface area contributed by atoms with Crippen LogP contribution >= 0.6 is 0 Å². The Hall–Kier alpha value is -2.47. The largest absolute Gasteiger partial charge is 0.496 e. The summed E-state index contributed by atoms with van der Waals surface area (Å²) in [7, 11) is 1.62. The molecule has 0 saturated heterocycles. The van der Waals surface area contributed by atoms with Gasteiger partial charge in [-0.3, -0.25) is 4.79 Å². The lowest BCUT2D eigenvalue weighted by atomic mass is 10.1. The second-order valence-electron chi connectivity index (χ2n) is 5.81. The number of nitrogens with two attached hydrogens (primary N) is 1. The minimum absolute atomic E-state index is 0.107. The third-order valence-electron chi connectivity index (χ3n) is 4.04. The fraction of sp³-hybridized carbons (Fsp3) is 0.316. The van der Waals surface area contributed by atoms with E-state index in [4.69, 9.17) is 4.74 Å². The van der Waals surface area contributed by atoms with Crippen molar-refractivity contribution in [1.82, 2.24) is 5.32 Å². The topological polar surface area (TPSA) is 54.9 Å². The highest BCUT2D eigenvalue weighted by Crippen LogP contribution is 2.17. The van der Waals surface area contributed by atoms with Crippen LogP contribution in [0, 0.1) is 11.6 Å². The number of carbonyl (C=O) groups is 1. The Labute approximate surface area is 146 Å². The number of para-hydroxylation sites is 1. The zero-order chi connectivity index (χ0) is 18.2. The van der Waals surface area contributed by atoms with Crippen molar-refractivity contribution in [3.63, 3.8) is 0 Å². The summed E-state index contributed by atoms with van der Waals surface area (Å²) >= 11 is 0. The monoisotopic (exact) mass is 349 g/mol. The molecule has 3 N–H and O–H groups in total. The molecule has 25 heavy (non-hydrogen) atoms. The van der Waals surface area contributed by atoms with E-state index in [1.807, 2.05) is 31.2 Å². The van der Waals surface area contributed by atoms with E-state index in [1.54, 1.807) is 12.4 Å². The summed E-state index contributed by atoms with van der Waals surface area (Å²) in [4.78, 5) is 11.9. The van der Waals surface area contributed by atoms with Crippen molar-refractivity contribution in [2.45, 2.75) is 19.4 Å². The molecule has 2 aromatic carbocycles. The second kappa shape index (κ2) is 9.13. The van der Waals surface area contributed by atoms with Crippen LogP contribution in [0.25, 0.3) is 0 Å². The van der Waals surface area contributed by atoms with Crippen molar-refractivity contribution >= 4 is 5.91 Å². The molecule has 4 nitrogen and oxygen atoms in total. The van der Waals surface area contributed by atoms with Crippen LogP contribution in [0.3, 0.4) is 0 Å². The zero-order valence-electron chi connectivity index (χ0n) is 14.4. The number of amides is 1. The number of halogens is 2. The number of methoxy groups -OCH3 is 1. The predicted octanol–water partition coefficient (Wildman–Crippen LogP) is 1.96. The van der Waals surface area contributed by atoms with E-state index in [-0.39, 0.29) is 18.5 Å². The minimum atomic E-state index is -0.876. The highest BCUT2D eigenvalue weighted by Gasteiger charge is 2.13. The Bertz CT molecular complexity index is 722. The van der Waals surface area contributed by atoms with Crippen molar-refractivity contribution in [2.75, 3.05) is 20.2 Å². The summed E-state index contributed by atoms with van der Waals surface area (Å²) in [6.45, 7) is 2.56. The average molecular weight is 349 g/mol. The molecule has 0 aliphatic rings. The first kappa shape index (κ1) is 18.9. The first-order valence-corrected chi connectivity index (χ1v) is 8.18. The summed E-state index contributed by atoms with van der Waals surface area (Å²) in [5, 5.41) is 4.63. The van der Waals surface area contributed by atoms with Crippen LogP contribution in [0.2, 0.25) is 0 Å². The van der Waals surface area contributed by atoms with Crippen molar-refractivity contribution in [3.05, 3.63) is 65.2 Å². The summed E-state index contributed by atoms with van der Waals surface area (Å²) in [5.74, 6) is -1.05. The van der Waals surface area contributed by atoms with Crippen LogP contribution in [-0.4, -0.2) is 26.1 Å². The van der Waals surface area contributed by atoms with Gasteiger partial charge in [0.05, 0.1) is 7.11 Å². The number of hydrogen-bond donors (Lipinski definition) is 2. The molecular formula is C19H23F2N2O2+. The van der Waals surface area contributed by atoms with E-state index < -0.39 is 11.6 Å². The molecule has 1 atom stereocenters. The molecule has 0 fully saturated rings. The minimum Gasteiger partial charge on any atom is -0.496 e. The van der Waals surface area contributed by atoms with Gasteiger partial charge < -0.3 is 15.4 Å². The maximum absolute atomic E-state index is 13.2. The van der Waals surface area contributed by atoms with Crippen LogP contribution in [0.4, 0.5) is 8.78 Å². The van der Waals surface area contributed by atoms with Gasteiger partial charge in [-0.05, 0) is 43.2 Å². The fourth-order valence-electron chi connectivity index (χ4n) is 2.53. The summed E-state index contributed by atoms with van der Waals surface area (Å²) in [5.41, 5.74) is 1.67. The van der Waals surface area contributed by atoms with Crippen LogP contribution in [0.5, 0.6) is 5.75 Å². The van der Waals surface area contributed by atoms with Gasteiger partial charge >= 0.3 is 0 Å².